The summed E-state index contributed by atoms with van der Waals surface area (Å²) in [4.78, 5) is 10.6. The van der Waals surface area contributed by atoms with Gasteiger partial charge in [-0.15, -0.1) is 0 Å². The molecule has 0 aromatic carbocycles. The van der Waals surface area contributed by atoms with Gasteiger partial charge in [-0.1, -0.05) is 0 Å². The van der Waals surface area contributed by atoms with Crippen LogP contribution in [0.4, 0.5) is 5.82 Å². The topological polar surface area (TPSA) is 84.0 Å². The Labute approximate surface area is 50.7 Å². The standard InChI is InChI=1S/C4H7N3O2/c1-7-4(9)2(8)3(5)6-7/h6,8H,5H2,1H3. The zero-order chi connectivity index (χ0) is 7.02. The van der Waals surface area contributed by atoms with E-state index < -0.39 is 11.3 Å². The molecule has 0 atom stereocenters. The lowest BCUT2D eigenvalue weighted by Crippen LogP contribution is -2.10. The molecule has 50 valence electrons. The second-order valence-electron chi connectivity index (χ2n) is 1.74. The Hall–Kier alpha value is -1.39. The molecular weight excluding hydrogens is 122 g/mol. The Kier molecular flexibility index (Phi) is 0.985. The van der Waals surface area contributed by atoms with Crippen molar-refractivity contribution in [2.45, 2.75) is 0 Å². The number of hydrogen-bond acceptors (Lipinski definition) is 3. The zero-order valence-corrected chi connectivity index (χ0v) is 4.88. The summed E-state index contributed by atoms with van der Waals surface area (Å²) in [5.74, 6) is -0.417. The Morgan fingerprint density at radius 1 is 1.78 bits per heavy atom. The van der Waals surface area contributed by atoms with Crippen LogP contribution in [0.1, 0.15) is 0 Å². The second-order valence-corrected chi connectivity index (χ2v) is 1.74. The van der Waals surface area contributed by atoms with Gasteiger partial charge in [-0.05, 0) is 0 Å². The van der Waals surface area contributed by atoms with Crippen molar-refractivity contribution in [3.63, 3.8) is 0 Å². The maximum absolute atomic E-state index is 10.6. The van der Waals surface area contributed by atoms with Crippen molar-refractivity contribution in [2.75, 3.05) is 5.73 Å². The van der Waals surface area contributed by atoms with Gasteiger partial charge in [-0.25, -0.2) is 0 Å². The van der Waals surface area contributed by atoms with Crippen LogP contribution in [0, 0.1) is 0 Å². The van der Waals surface area contributed by atoms with Gasteiger partial charge in [0.2, 0.25) is 5.75 Å². The highest BCUT2D eigenvalue weighted by Gasteiger charge is 2.04. The largest absolute Gasteiger partial charge is 0.500 e. The van der Waals surface area contributed by atoms with E-state index in [1.165, 1.54) is 7.05 Å². The first-order valence-corrected chi connectivity index (χ1v) is 2.36. The number of H-pyrrole nitrogens is 1. The van der Waals surface area contributed by atoms with Crippen molar-refractivity contribution >= 4 is 5.82 Å². The van der Waals surface area contributed by atoms with Gasteiger partial charge < -0.3 is 10.8 Å². The molecule has 9 heavy (non-hydrogen) atoms. The molecule has 0 spiro atoms. The predicted octanol–water partition coefficient (Wildman–Crippen LogP) is -0.999. The minimum Gasteiger partial charge on any atom is -0.500 e. The number of aryl methyl sites for hydroxylation is 1. The molecule has 0 saturated heterocycles. The predicted molar refractivity (Wildman–Crippen MR) is 32.1 cm³/mol. The fraction of sp³-hybridized carbons (Fsp3) is 0.250. The number of rotatable bonds is 0. The van der Waals surface area contributed by atoms with E-state index in [1.807, 2.05) is 0 Å². The number of hydrogen-bond donors (Lipinski definition) is 3. The summed E-state index contributed by atoms with van der Waals surface area (Å²) in [5, 5.41) is 11.1. The van der Waals surface area contributed by atoms with Crippen LogP contribution in [-0.4, -0.2) is 14.9 Å². The minimum atomic E-state index is -0.507. The first kappa shape index (κ1) is 5.74. The SMILES string of the molecule is Cn1[nH]c(N)c(O)c1=O. The fourth-order valence-corrected chi connectivity index (χ4v) is 0.558. The van der Waals surface area contributed by atoms with E-state index in [-0.39, 0.29) is 5.82 Å². The lowest BCUT2D eigenvalue weighted by atomic mass is 10.6. The fourth-order valence-electron chi connectivity index (χ4n) is 0.558. The van der Waals surface area contributed by atoms with Gasteiger partial charge in [-0.3, -0.25) is 14.6 Å². The van der Waals surface area contributed by atoms with Crippen LogP contribution in [0.2, 0.25) is 0 Å². The molecule has 5 nitrogen and oxygen atoms in total. The van der Waals surface area contributed by atoms with Gasteiger partial charge >= 0.3 is 5.56 Å². The van der Waals surface area contributed by atoms with Gasteiger partial charge in [0.15, 0.2) is 5.82 Å². The summed E-state index contributed by atoms with van der Waals surface area (Å²) in [7, 11) is 1.47. The van der Waals surface area contributed by atoms with Crippen LogP contribution in [0.3, 0.4) is 0 Å². The van der Waals surface area contributed by atoms with Crippen molar-refractivity contribution in [3.8, 4) is 5.75 Å². The summed E-state index contributed by atoms with van der Waals surface area (Å²) < 4.78 is 1.10. The molecule has 4 N–H and O–H groups in total. The maximum Gasteiger partial charge on any atom is 0.310 e. The number of aromatic hydroxyl groups is 1. The number of nitrogens with two attached hydrogens (primary N) is 1. The lowest BCUT2D eigenvalue weighted by Gasteiger charge is -1.82. The minimum absolute atomic E-state index is 0.00231. The van der Waals surface area contributed by atoms with Gasteiger partial charge in [0.05, 0.1) is 0 Å². The van der Waals surface area contributed by atoms with E-state index in [2.05, 4.69) is 5.10 Å². The molecule has 1 aromatic heterocycles. The first-order valence-electron chi connectivity index (χ1n) is 2.36. The Balaban J connectivity index is 3.48. The van der Waals surface area contributed by atoms with Crippen LogP contribution in [0.25, 0.3) is 0 Å². The molecule has 0 amide bonds. The molecule has 1 rings (SSSR count). The van der Waals surface area contributed by atoms with Crippen molar-refractivity contribution in [1.29, 1.82) is 0 Å². The van der Waals surface area contributed by atoms with Crippen molar-refractivity contribution in [1.82, 2.24) is 9.78 Å². The van der Waals surface area contributed by atoms with E-state index in [0.29, 0.717) is 0 Å². The molecule has 0 aliphatic rings. The summed E-state index contributed by atoms with van der Waals surface area (Å²) in [5.41, 5.74) is 4.61. The molecule has 1 aromatic rings. The third-order valence-electron chi connectivity index (χ3n) is 1.05. The molecule has 0 aliphatic heterocycles. The normalized spacial score (nSPS) is 9.89. The average molecular weight is 129 g/mol. The van der Waals surface area contributed by atoms with Crippen molar-refractivity contribution < 1.29 is 5.11 Å². The third-order valence-corrected chi connectivity index (χ3v) is 1.05. The molecule has 0 bridgehead atoms. The van der Waals surface area contributed by atoms with Crippen LogP contribution < -0.4 is 11.3 Å². The van der Waals surface area contributed by atoms with Crippen LogP contribution in [-0.2, 0) is 7.05 Å². The molecule has 1 heterocycles. The van der Waals surface area contributed by atoms with Gasteiger partial charge in [0.1, 0.15) is 0 Å². The molecule has 0 saturated carbocycles. The van der Waals surface area contributed by atoms with Crippen LogP contribution in [0.15, 0.2) is 4.79 Å². The quantitative estimate of drug-likeness (QED) is 0.420. The van der Waals surface area contributed by atoms with E-state index >= 15 is 0 Å². The second kappa shape index (κ2) is 1.54. The first-order chi connectivity index (χ1) is 4.13. The van der Waals surface area contributed by atoms with Gasteiger partial charge in [0, 0.05) is 7.05 Å². The van der Waals surface area contributed by atoms with Crippen molar-refractivity contribution in [3.05, 3.63) is 10.4 Å². The summed E-state index contributed by atoms with van der Waals surface area (Å²) in [6, 6.07) is 0. The zero-order valence-electron chi connectivity index (χ0n) is 4.88. The number of anilines is 1. The smallest absolute Gasteiger partial charge is 0.310 e. The summed E-state index contributed by atoms with van der Waals surface area (Å²) in [6.07, 6.45) is 0. The molecule has 0 aliphatic carbocycles. The number of aromatic amines is 1. The molecule has 0 radical (unpaired) electrons. The van der Waals surface area contributed by atoms with E-state index in [0.717, 1.165) is 4.68 Å². The van der Waals surface area contributed by atoms with Crippen LogP contribution in [0.5, 0.6) is 5.75 Å². The Morgan fingerprint density at radius 2 is 2.33 bits per heavy atom. The Morgan fingerprint density at radius 3 is 2.44 bits per heavy atom. The molecule has 0 fully saturated rings. The molecule has 5 heteroatoms. The average Bonchev–Trinajstić information content (AvgIpc) is 1.98. The highest BCUT2D eigenvalue weighted by molar-refractivity contribution is 5.42. The van der Waals surface area contributed by atoms with E-state index in [4.69, 9.17) is 10.8 Å². The summed E-state index contributed by atoms with van der Waals surface area (Å²) in [6.45, 7) is 0. The molecule has 0 unspecified atom stereocenters. The monoisotopic (exact) mass is 129 g/mol. The lowest BCUT2D eigenvalue weighted by molar-refractivity contribution is 0.470. The van der Waals surface area contributed by atoms with Crippen molar-refractivity contribution in [2.24, 2.45) is 7.05 Å². The highest BCUT2D eigenvalue weighted by atomic mass is 16.3. The van der Waals surface area contributed by atoms with E-state index in [9.17, 15) is 4.79 Å². The maximum atomic E-state index is 10.6. The molecular formula is C4H7N3O2. The number of aromatic nitrogens is 2. The number of nitrogens with zero attached hydrogens (tertiary/aromatic N) is 1. The number of nitrogen functional groups attached to an aromatic ring is 1. The highest BCUT2D eigenvalue weighted by Crippen LogP contribution is 2.07. The van der Waals surface area contributed by atoms with E-state index in [1.54, 1.807) is 0 Å². The van der Waals surface area contributed by atoms with Crippen LogP contribution >= 0.6 is 0 Å². The summed E-state index contributed by atoms with van der Waals surface area (Å²) >= 11 is 0. The van der Waals surface area contributed by atoms with Gasteiger partial charge in [-0.2, -0.15) is 0 Å². The van der Waals surface area contributed by atoms with Gasteiger partial charge in [0.25, 0.3) is 0 Å². The third kappa shape index (κ3) is 0.658. The Bertz CT molecular complexity index is 272. The number of nitrogens with one attached hydrogen (secondary N) is 1.